The topological polar surface area (TPSA) is 72.0 Å². The van der Waals surface area contributed by atoms with Gasteiger partial charge in [-0.1, -0.05) is 32.0 Å². The molecule has 1 aromatic heterocycles. The normalized spacial score (nSPS) is 10.4. The van der Waals surface area contributed by atoms with Gasteiger partial charge >= 0.3 is 0 Å². The lowest BCUT2D eigenvalue weighted by Crippen LogP contribution is -3.00. The number of pyridine rings is 1. The Morgan fingerprint density at radius 3 is 2.65 bits per heavy atom. The summed E-state index contributed by atoms with van der Waals surface area (Å²) in [5, 5.41) is 8.78. The molecule has 0 saturated heterocycles. The average Bonchev–Trinajstić information content (AvgIpc) is 2.48. The van der Waals surface area contributed by atoms with E-state index in [0.717, 1.165) is 46.5 Å². The number of benzene rings is 1. The number of halogens is 1. The van der Waals surface area contributed by atoms with E-state index in [-0.39, 0.29) is 17.6 Å². The van der Waals surface area contributed by atoms with E-state index in [2.05, 4.69) is 13.8 Å². The predicted octanol–water partition coefficient (Wildman–Crippen LogP) is 1.27. The number of thioether (sulfide) groups is 1. The van der Waals surface area contributed by atoms with Crippen LogP contribution in [0.1, 0.15) is 37.9 Å². The van der Waals surface area contributed by atoms with Crippen molar-refractivity contribution in [3.63, 3.8) is 0 Å². The van der Waals surface area contributed by atoms with Crippen LogP contribution in [0.15, 0.2) is 23.1 Å². The number of rotatable bonds is 6. The number of nitrogens with zero attached hydrogens (tertiary/aromatic N) is 1. The lowest BCUT2D eigenvalue weighted by atomic mass is 10.1. The molecule has 0 bridgehead atoms. The van der Waals surface area contributed by atoms with Crippen molar-refractivity contribution in [3.8, 4) is 5.75 Å². The summed E-state index contributed by atoms with van der Waals surface area (Å²) in [5.74, 6) is 0.841. The van der Waals surface area contributed by atoms with Gasteiger partial charge in [-0.3, -0.25) is 10.4 Å². The Morgan fingerprint density at radius 2 is 2.04 bits per heavy atom. The molecule has 0 saturated carbocycles. The molecule has 0 spiro atoms. The zero-order chi connectivity index (χ0) is 16.1. The summed E-state index contributed by atoms with van der Waals surface area (Å²) in [4.78, 5) is 5.74. The molecular formula is C17H23ClN3OS-. The first-order valence-electron chi connectivity index (χ1n) is 7.64. The van der Waals surface area contributed by atoms with Gasteiger partial charge in [0.15, 0.2) is 5.17 Å². The molecule has 1 aromatic carbocycles. The number of ether oxygens (including phenoxy) is 1. The predicted molar refractivity (Wildman–Crippen MR) is 94.0 cm³/mol. The van der Waals surface area contributed by atoms with Crippen LogP contribution >= 0.6 is 11.8 Å². The third-order valence-electron chi connectivity index (χ3n) is 3.40. The lowest BCUT2D eigenvalue weighted by molar-refractivity contribution is -0.00000551. The quantitative estimate of drug-likeness (QED) is 0.466. The van der Waals surface area contributed by atoms with Gasteiger partial charge in [0.2, 0.25) is 0 Å². The molecule has 3 N–H and O–H groups in total. The molecule has 1 heterocycles. The molecule has 0 aliphatic carbocycles. The molecule has 6 heteroatoms. The number of aryl methyl sites for hydroxylation is 1. The number of nitrogens with two attached hydrogens (primary N) is 1. The molecule has 23 heavy (non-hydrogen) atoms. The summed E-state index contributed by atoms with van der Waals surface area (Å²) >= 11 is 1.31. The highest BCUT2D eigenvalue weighted by molar-refractivity contribution is 8.13. The van der Waals surface area contributed by atoms with Crippen molar-refractivity contribution in [2.24, 2.45) is 5.73 Å². The maximum atomic E-state index is 7.66. The van der Waals surface area contributed by atoms with Gasteiger partial charge in [-0.05, 0) is 43.5 Å². The van der Waals surface area contributed by atoms with E-state index in [0.29, 0.717) is 6.61 Å². The average molecular weight is 353 g/mol. The number of aromatic nitrogens is 1. The number of fused-ring (bicyclic) bond motifs is 1. The van der Waals surface area contributed by atoms with Gasteiger partial charge in [-0.25, -0.2) is 0 Å². The van der Waals surface area contributed by atoms with Crippen molar-refractivity contribution in [1.82, 2.24) is 4.98 Å². The Bertz CT molecular complexity index is 691. The first kappa shape index (κ1) is 19.6. The maximum absolute atomic E-state index is 7.66. The highest BCUT2D eigenvalue weighted by atomic mass is 35.5. The number of hydrogen-bond acceptors (Lipinski definition) is 4. The van der Waals surface area contributed by atoms with E-state index >= 15 is 0 Å². The summed E-state index contributed by atoms with van der Waals surface area (Å²) in [6, 6.07) is 5.95. The van der Waals surface area contributed by atoms with E-state index in [1.807, 2.05) is 25.1 Å². The first-order chi connectivity index (χ1) is 10.6. The van der Waals surface area contributed by atoms with Crippen molar-refractivity contribution in [2.75, 3.05) is 6.61 Å². The molecule has 0 fully saturated rings. The van der Waals surface area contributed by atoms with Crippen molar-refractivity contribution >= 4 is 27.8 Å². The fourth-order valence-electron chi connectivity index (χ4n) is 2.45. The minimum atomic E-state index is 0. The summed E-state index contributed by atoms with van der Waals surface area (Å²) in [7, 11) is 0. The molecule has 0 radical (unpaired) electrons. The third-order valence-corrected chi connectivity index (χ3v) is 4.29. The smallest absolute Gasteiger partial charge is 0.155 e. The van der Waals surface area contributed by atoms with Crippen LogP contribution in [0.2, 0.25) is 0 Å². The molecular weight excluding hydrogens is 330 g/mol. The molecule has 2 aromatic rings. The van der Waals surface area contributed by atoms with Crippen LogP contribution in [0.4, 0.5) is 0 Å². The van der Waals surface area contributed by atoms with E-state index in [9.17, 15) is 0 Å². The molecule has 0 amide bonds. The van der Waals surface area contributed by atoms with E-state index in [1.54, 1.807) is 0 Å². The zero-order valence-corrected chi connectivity index (χ0v) is 15.4. The fraction of sp³-hybridized carbons (Fsp3) is 0.412. The van der Waals surface area contributed by atoms with Gasteiger partial charge in [-0.15, -0.1) is 0 Å². The Hall–Kier alpha value is -1.46. The van der Waals surface area contributed by atoms with Gasteiger partial charge in [0, 0.05) is 16.0 Å². The number of hydrogen-bond donors (Lipinski definition) is 2. The second-order valence-corrected chi connectivity index (χ2v) is 6.30. The largest absolute Gasteiger partial charge is 1.00 e. The minimum Gasteiger partial charge on any atom is -1.00 e. The Morgan fingerprint density at radius 1 is 1.30 bits per heavy atom. The molecule has 4 nitrogen and oxygen atoms in total. The number of nitrogens with one attached hydrogen (secondary N) is 1. The molecule has 126 valence electrons. The van der Waals surface area contributed by atoms with Gasteiger partial charge in [0.25, 0.3) is 0 Å². The van der Waals surface area contributed by atoms with Gasteiger partial charge in [0.1, 0.15) is 5.75 Å². The Kier molecular flexibility index (Phi) is 7.65. The van der Waals surface area contributed by atoms with Crippen LogP contribution in [0.25, 0.3) is 10.9 Å². The van der Waals surface area contributed by atoms with Crippen LogP contribution < -0.4 is 22.9 Å². The standard InChI is InChI=1S/C17H23N3OS.ClH/c1-4-6-13-11(3)20-15-8-7-12(21-9-5-2)10-14(15)16(13)22-17(18)19;/h7-8,10H,4-6,9H2,1-3H3,(H3,18,19);1H/p-1. The van der Waals surface area contributed by atoms with E-state index in [4.69, 9.17) is 20.9 Å². The van der Waals surface area contributed by atoms with E-state index < -0.39 is 0 Å². The van der Waals surface area contributed by atoms with Gasteiger partial charge in [-0.2, -0.15) is 0 Å². The lowest BCUT2D eigenvalue weighted by Gasteiger charge is -2.15. The maximum Gasteiger partial charge on any atom is 0.155 e. The van der Waals surface area contributed by atoms with Crippen LogP contribution in [0.3, 0.4) is 0 Å². The Balaban J connectivity index is 0.00000264. The molecule has 0 atom stereocenters. The highest BCUT2D eigenvalue weighted by Gasteiger charge is 2.14. The SMILES string of the molecule is CCCOc1ccc2nc(C)c(CCC)c(SC(=N)N)c2c1.[Cl-]. The van der Waals surface area contributed by atoms with Gasteiger partial charge in [0.05, 0.1) is 12.1 Å². The second kappa shape index (κ2) is 8.99. The first-order valence-corrected chi connectivity index (χ1v) is 8.46. The molecule has 0 unspecified atom stereocenters. The van der Waals surface area contributed by atoms with Crippen molar-refractivity contribution < 1.29 is 17.1 Å². The Labute approximate surface area is 148 Å². The van der Waals surface area contributed by atoms with E-state index in [1.165, 1.54) is 17.3 Å². The van der Waals surface area contributed by atoms with Crippen LogP contribution in [-0.2, 0) is 6.42 Å². The summed E-state index contributed by atoms with van der Waals surface area (Å²) < 4.78 is 5.73. The van der Waals surface area contributed by atoms with Crippen molar-refractivity contribution in [3.05, 3.63) is 29.5 Å². The third kappa shape index (κ3) is 4.75. The minimum absolute atomic E-state index is 0. The monoisotopic (exact) mass is 352 g/mol. The summed E-state index contributed by atoms with van der Waals surface area (Å²) in [5.41, 5.74) is 8.76. The van der Waals surface area contributed by atoms with Crippen molar-refractivity contribution in [2.45, 2.75) is 44.9 Å². The summed E-state index contributed by atoms with van der Waals surface area (Å²) in [6.45, 7) is 6.95. The van der Waals surface area contributed by atoms with Gasteiger partial charge < -0.3 is 22.9 Å². The second-order valence-electron chi connectivity index (χ2n) is 5.25. The molecule has 2 rings (SSSR count). The fourth-order valence-corrected chi connectivity index (χ4v) is 3.32. The highest BCUT2D eigenvalue weighted by Crippen LogP contribution is 2.34. The van der Waals surface area contributed by atoms with Crippen molar-refractivity contribution in [1.29, 1.82) is 5.41 Å². The number of amidine groups is 1. The zero-order valence-electron chi connectivity index (χ0n) is 13.8. The molecule has 0 aliphatic rings. The van der Waals surface area contributed by atoms with Crippen LogP contribution in [0.5, 0.6) is 5.75 Å². The van der Waals surface area contributed by atoms with Crippen LogP contribution in [-0.4, -0.2) is 16.8 Å². The summed E-state index contributed by atoms with van der Waals surface area (Å²) in [6.07, 6.45) is 2.94. The molecule has 0 aliphatic heterocycles. The van der Waals surface area contributed by atoms with Crippen LogP contribution in [0, 0.1) is 12.3 Å².